The molecule has 0 aliphatic carbocycles. The zero-order valence-electron chi connectivity index (χ0n) is 14.2. The van der Waals surface area contributed by atoms with E-state index in [9.17, 15) is 14.4 Å². The summed E-state index contributed by atoms with van der Waals surface area (Å²) in [7, 11) is 0. The number of nitrogens with one attached hydrogen (secondary N) is 2. The third kappa shape index (κ3) is 6.17. The van der Waals surface area contributed by atoms with Gasteiger partial charge in [-0.2, -0.15) is 0 Å². The summed E-state index contributed by atoms with van der Waals surface area (Å²) in [6.07, 6.45) is 0.287. The van der Waals surface area contributed by atoms with E-state index in [0.29, 0.717) is 26.2 Å². The molecule has 1 heterocycles. The van der Waals surface area contributed by atoms with E-state index in [2.05, 4.69) is 17.4 Å². The first-order valence-corrected chi connectivity index (χ1v) is 7.89. The van der Waals surface area contributed by atoms with Crippen molar-refractivity contribution in [3.63, 3.8) is 0 Å². The Morgan fingerprint density at radius 2 is 1.88 bits per heavy atom. The van der Waals surface area contributed by atoms with Gasteiger partial charge in [-0.05, 0) is 0 Å². The van der Waals surface area contributed by atoms with Crippen LogP contribution in [0.2, 0.25) is 0 Å². The highest BCUT2D eigenvalue weighted by atomic mass is 16.6. The SMILES string of the molecule is C=CCONC(=O)C(CNC(=O)O)N1CCN(C(=O)C(C)C)CC1. The number of carbonyl (C=O) groups is 3. The van der Waals surface area contributed by atoms with Crippen LogP contribution >= 0.6 is 0 Å². The van der Waals surface area contributed by atoms with Crippen LogP contribution in [0.3, 0.4) is 0 Å². The smallest absolute Gasteiger partial charge is 0.404 e. The summed E-state index contributed by atoms with van der Waals surface area (Å²) in [6.45, 7) is 9.24. The molecule has 0 bridgehead atoms. The van der Waals surface area contributed by atoms with Crippen LogP contribution in [0.25, 0.3) is 0 Å². The zero-order valence-corrected chi connectivity index (χ0v) is 14.2. The second-order valence-electron chi connectivity index (χ2n) is 5.78. The molecule has 24 heavy (non-hydrogen) atoms. The number of hydrogen-bond donors (Lipinski definition) is 3. The van der Waals surface area contributed by atoms with Gasteiger partial charge in [-0.25, -0.2) is 10.3 Å². The monoisotopic (exact) mass is 342 g/mol. The number of rotatable bonds is 8. The van der Waals surface area contributed by atoms with Crippen molar-refractivity contribution in [1.82, 2.24) is 20.6 Å². The summed E-state index contributed by atoms with van der Waals surface area (Å²) in [4.78, 5) is 43.5. The molecule has 1 saturated heterocycles. The molecule has 1 unspecified atom stereocenters. The van der Waals surface area contributed by atoms with Gasteiger partial charge in [0.2, 0.25) is 5.91 Å². The van der Waals surface area contributed by atoms with E-state index in [1.165, 1.54) is 6.08 Å². The van der Waals surface area contributed by atoms with Gasteiger partial charge >= 0.3 is 6.09 Å². The quantitative estimate of drug-likeness (QED) is 0.316. The van der Waals surface area contributed by atoms with Crippen molar-refractivity contribution < 1.29 is 24.3 Å². The lowest BCUT2D eigenvalue weighted by Crippen LogP contribution is -2.59. The predicted octanol–water partition coefficient (Wildman–Crippen LogP) is -0.343. The fraction of sp³-hybridized carbons (Fsp3) is 0.667. The van der Waals surface area contributed by atoms with Crippen molar-refractivity contribution in [3.8, 4) is 0 Å². The van der Waals surface area contributed by atoms with Crippen molar-refractivity contribution in [2.75, 3.05) is 39.3 Å². The molecule has 0 aromatic heterocycles. The summed E-state index contributed by atoms with van der Waals surface area (Å²) in [6, 6.07) is -0.706. The lowest BCUT2D eigenvalue weighted by Gasteiger charge is -2.39. The Kier molecular flexibility index (Phi) is 8.20. The molecular formula is C15H26N4O5. The molecule has 1 rings (SSSR count). The molecule has 9 nitrogen and oxygen atoms in total. The van der Waals surface area contributed by atoms with E-state index >= 15 is 0 Å². The van der Waals surface area contributed by atoms with Crippen LogP contribution in [0.4, 0.5) is 4.79 Å². The van der Waals surface area contributed by atoms with Crippen LogP contribution in [-0.4, -0.2) is 78.2 Å². The molecule has 1 aliphatic heterocycles. The Morgan fingerprint density at radius 3 is 2.38 bits per heavy atom. The first-order chi connectivity index (χ1) is 11.4. The van der Waals surface area contributed by atoms with Crippen LogP contribution in [0.15, 0.2) is 12.7 Å². The Morgan fingerprint density at radius 1 is 1.25 bits per heavy atom. The Balaban J connectivity index is 2.63. The Labute approximate surface area is 141 Å². The van der Waals surface area contributed by atoms with E-state index in [0.717, 1.165) is 0 Å². The van der Waals surface area contributed by atoms with Crippen molar-refractivity contribution in [2.45, 2.75) is 19.9 Å². The molecular weight excluding hydrogens is 316 g/mol. The third-order valence-electron chi connectivity index (χ3n) is 3.68. The van der Waals surface area contributed by atoms with E-state index in [1.54, 1.807) is 4.90 Å². The highest BCUT2D eigenvalue weighted by molar-refractivity contribution is 5.82. The highest BCUT2D eigenvalue weighted by Gasteiger charge is 2.31. The van der Waals surface area contributed by atoms with Crippen LogP contribution in [0.1, 0.15) is 13.8 Å². The number of hydroxylamine groups is 1. The van der Waals surface area contributed by atoms with Gasteiger partial charge in [-0.15, -0.1) is 6.58 Å². The standard InChI is InChI=1S/C15H26N4O5/c1-4-9-24-17-13(20)12(10-16-15(22)23)18-5-7-19(8-6-18)14(21)11(2)3/h4,11-12,16H,1,5-10H2,2-3H3,(H,17,20)(H,22,23). The number of carboxylic acid groups (broad SMARTS) is 1. The van der Waals surface area contributed by atoms with Crippen molar-refractivity contribution in [3.05, 3.63) is 12.7 Å². The van der Waals surface area contributed by atoms with Gasteiger partial charge in [0.1, 0.15) is 6.04 Å². The topological polar surface area (TPSA) is 111 Å². The van der Waals surface area contributed by atoms with Crippen LogP contribution in [0.5, 0.6) is 0 Å². The van der Waals surface area contributed by atoms with E-state index in [1.807, 2.05) is 18.7 Å². The molecule has 0 radical (unpaired) electrons. The summed E-state index contributed by atoms with van der Waals surface area (Å²) in [5.74, 6) is -0.431. The van der Waals surface area contributed by atoms with E-state index in [4.69, 9.17) is 9.94 Å². The average Bonchev–Trinajstić information content (AvgIpc) is 2.54. The first kappa shape index (κ1) is 19.9. The maximum atomic E-state index is 12.2. The zero-order chi connectivity index (χ0) is 18.1. The summed E-state index contributed by atoms with van der Waals surface area (Å²) >= 11 is 0. The fourth-order valence-corrected chi connectivity index (χ4v) is 2.43. The molecule has 0 aromatic rings. The predicted molar refractivity (Wildman–Crippen MR) is 87.1 cm³/mol. The Bertz CT molecular complexity index is 461. The van der Waals surface area contributed by atoms with Gasteiger partial charge in [0.15, 0.2) is 0 Å². The maximum absolute atomic E-state index is 12.2. The molecule has 1 aliphatic rings. The summed E-state index contributed by atoms with van der Waals surface area (Å²) in [5.41, 5.74) is 2.29. The van der Waals surface area contributed by atoms with Crippen molar-refractivity contribution in [1.29, 1.82) is 0 Å². The normalized spacial score (nSPS) is 16.5. The number of carbonyl (C=O) groups excluding carboxylic acids is 2. The molecule has 1 atom stereocenters. The van der Waals surface area contributed by atoms with Gasteiger partial charge in [0.05, 0.1) is 6.61 Å². The van der Waals surface area contributed by atoms with Crippen LogP contribution in [0, 0.1) is 5.92 Å². The van der Waals surface area contributed by atoms with E-state index < -0.39 is 18.0 Å². The van der Waals surface area contributed by atoms with Gasteiger partial charge in [0.25, 0.3) is 5.91 Å². The molecule has 136 valence electrons. The number of hydrogen-bond acceptors (Lipinski definition) is 5. The minimum absolute atomic E-state index is 0.0588. The minimum atomic E-state index is -1.20. The first-order valence-electron chi connectivity index (χ1n) is 7.89. The highest BCUT2D eigenvalue weighted by Crippen LogP contribution is 2.10. The fourth-order valence-electron chi connectivity index (χ4n) is 2.43. The minimum Gasteiger partial charge on any atom is -0.465 e. The molecule has 0 saturated carbocycles. The van der Waals surface area contributed by atoms with Gasteiger partial charge in [-0.3, -0.25) is 19.3 Å². The Hall–Kier alpha value is -2.13. The average molecular weight is 342 g/mol. The number of piperazine rings is 1. The van der Waals surface area contributed by atoms with Crippen LogP contribution in [-0.2, 0) is 14.4 Å². The molecule has 0 spiro atoms. The largest absolute Gasteiger partial charge is 0.465 e. The molecule has 9 heteroatoms. The molecule has 0 aromatic carbocycles. The van der Waals surface area contributed by atoms with Gasteiger partial charge in [0, 0.05) is 38.6 Å². The second-order valence-corrected chi connectivity index (χ2v) is 5.78. The summed E-state index contributed by atoms with van der Waals surface area (Å²) in [5, 5.41) is 11.0. The van der Waals surface area contributed by atoms with Gasteiger partial charge in [-0.1, -0.05) is 19.9 Å². The van der Waals surface area contributed by atoms with Crippen molar-refractivity contribution in [2.24, 2.45) is 5.92 Å². The summed E-state index contributed by atoms with van der Waals surface area (Å²) < 4.78 is 0. The lowest BCUT2D eigenvalue weighted by molar-refractivity contribution is -0.141. The van der Waals surface area contributed by atoms with E-state index in [-0.39, 0.29) is 25.0 Å². The number of amides is 3. The second kappa shape index (κ2) is 9.89. The number of nitrogens with zero attached hydrogens (tertiary/aromatic N) is 2. The third-order valence-corrected chi connectivity index (χ3v) is 3.68. The molecule has 3 amide bonds. The molecule has 1 fully saturated rings. The van der Waals surface area contributed by atoms with Crippen LogP contribution < -0.4 is 10.8 Å². The van der Waals surface area contributed by atoms with Gasteiger partial charge < -0.3 is 15.3 Å². The lowest BCUT2D eigenvalue weighted by atomic mass is 10.1. The van der Waals surface area contributed by atoms with Crippen molar-refractivity contribution >= 4 is 17.9 Å². The maximum Gasteiger partial charge on any atom is 0.404 e. The molecule has 3 N–H and O–H groups in total.